The van der Waals surface area contributed by atoms with Crippen LogP contribution in [0.5, 0.6) is 0 Å². The second kappa shape index (κ2) is 7.41. The Hall–Kier alpha value is -3.04. The van der Waals surface area contributed by atoms with E-state index in [1.807, 2.05) is 0 Å². The van der Waals surface area contributed by atoms with Gasteiger partial charge in [-0.2, -0.15) is 5.53 Å². The van der Waals surface area contributed by atoms with Crippen LogP contribution in [0.1, 0.15) is 5.56 Å². The minimum absolute atomic E-state index is 0.00435. The molecular weight excluding hydrogens is 269 g/mol. The Kier molecular flexibility index (Phi) is 5.56. The molecule has 0 aromatic carbocycles. The van der Waals surface area contributed by atoms with Gasteiger partial charge < -0.3 is 15.8 Å². The van der Waals surface area contributed by atoms with Gasteiger partial charge in [0, 0.05) is 6.08 Å². The lowest BCUT2D eigenvalue weighted by Gasteiger charge is -2.11. The molecule has 0 aliphatic rings. The van der Waals surface area contributed by atoms with E-state index in [0.29, 0.717) is 0 Å². The summed E-state index contributed by atoms with van der Waals surface area (Å²) in [4.78, 5) is 14.8. The van der Waals surface area contributed by atoms with Gasteiger partial charge in [0.25, 0.3) is 0 Å². The van der Waals surface area contributed by atoms with Crippen LogP contribution in [0, 0.1) is 16.8 Å². The number of urea groups is 1. The third kappa shape index (κ3) is 4.33. The van der Waals surface area contributed by atoms with Gasteiger partial charge in [-0.3, -0.25) is 10.4 Å². The molecule has 0 atom stereocenters. The van der Waals surface area contributed by atoms with Crippen LogP contribution in [0.25, 0.3) is 0 Å². The number of nitrogens with zero attached hydrogens (tertiary/aromatic N) is 2. The van der Waals surface area contributed by atoms with Crippen LogP contribution in [0.3, 0.4) is 0 Å². The molecule has 0 spiro atoms. The van der Waals surface area contributed by atoms with Crippen molar-refractivity contribution < 1.29 is 13.9 Å². The summed E-state index contributed by atoms with van der Waals surface area (Å²) in [5.74, 6) is -0.976. The zero-order valence-corrected chi connectivity index (χ0v) is 10.2. The number of hydrogen-bond donors (Lipinski definition) is 5. The quantitative estimate of drug-likeness (QED) is 0.239. The molecule has 20 heavy (non-hydrogen) atoms. The first-order chi connectivity index (χ1) is 9.58. The number of carbonyl (C=O) groups is 1. The van der Waals surface area contributed by atoms with Crippen molar-refractivity contribution in [3.05, 3.63) is 36.1 Å². The molecule has 9 nitrogen and oxygen atoms in total. The zero-order chi connectivity index (χ0) is 15.0. The van der Waals surface area contributed by atoms with Gasteiger partial charge in [0.1, 0.15) is 12.4 Å². The van der Waals surface area contributed by atoms with Gasteiger partial charge >= 0.3 is 6.03 Å². The summed E-state index contributed by atoms with van der Waals surface area (Å²) >= 11 is 0. The standard InChI is InChI=1S/C10H12FN7O2/c11-7-3-15-4-8(16-10(19)17-18-14)6(7)5-20-9(13)1-2-12/h1-4,13H,5,12H2,(H3,14,16,17,19)/b2-1-,13-9?. The number of anilines is 1. The molecule has 0 saturated heterocycles. The van der Waals surface area contributed by atoms with Gasteiger partial charge in [0.2, 0.25) is 5.90 Å². The number of pyridine rings is 1. The Morgan fingerprint density at radius 3 is 3.00 bits per heavy atom. The van der Waals surface area contributed by atoms with Gasteiger partial charge in [-0.15, -0.1) is 0 Å². The van der Waals surface area contributed by atoms with E-state index < -0.39 is 11.8 Å². The summed E-state index contributed by atoms with van der Waals surface area (Å²) in [5, 5.41) is 12.2. The number of nitrogens with one attached hydrogen (secondary N) is 4. The number of rotatable bonds is 5. The largest absolute Gasteiger partial charge is 0.473 e. The van der Waals surface area contributed by atoms with Gasteiger partial charge in [0.05, 0.1) is 23.6 Å². The molecule has 0 saturated carbocycles. The number of ether oxygens (including phenoxy) is 1. The fourth-order valence-corrected chi connectivity index (χ4v) is 1.20. The van der Waals surface area contributed by atoms with E-state index >= 15 is 0 Å². The third-order valence-corrected chi connectivity index (χ3v) is 2.03. The molecule has 0 unspecified atom stereocenters. The Labute approximate surface area is 113 Å². The summed E-state index contributed by atoms with van der Waals surface area (Å²) < 4.78 is 18.6. The Morgan fingerprint density at radius 2 is 2.35 bits per heavy atom. The van der Waals surface area contributed by atoms with Crippen molar-refractivity contribution in [3.63, 3.8) is 0 Å². The van der Waals surface area contributed by atoms with Crippen LogP contribution in [0.15, 0.2) is 29.9 Å². The molecule has 2 amide bonds. The number of halogens is 1. The highest BCUT2D eigenvalue weighted by Gasteiger charge is 2.12. The van der Waals surface area contributed by atoms with E-state index in [0.717, 1.165) is 12.4 Å². The van der Waals surface area contributed by atoms with Gasteiger partial charge in [-0.25, -0.2) is 14.6 Å². The van der Waals surface area contributed by atoms with E-state index in [-0.39, 0.29) is 23.8 Å². The van der Waals surface area contributed by atoms with Crippen LogP contribution in [0.2, 0.25) is 0 Å². The highest BCUT2D eigenvalue weighted by Crippen LogP contribution is 2.18. The van der Waals surface area contributed by atoms with E-state index in [9.17, 15) is 9.18 Å². The van der Waals surface area contributed by atoms with E-state index in [1.165, 1.54) is 12.3 Å². The smallest absolute Gasteiger partial charge is 0.341 e. The predicted octanol–water partition coefficient (Wildman–Crippen LogP) is 1.25. The van der Waals surface area contributed by atoms with Crippen molar-refractivity contribution in [2.45, 2.75) is 6.61 Å². The molecule has 1 aromatic rings. The molecule has 1 heterocycles. The van der Waals surface area contributed by atoms with Crippen LogP contribution in [-0.2, 0) is 11.3 Å². The van der Waals surface area contributed by atoms with Crippen molar-refractivity contribution in [2.24, 2.45) is 11.0 Å². The van der Waals surface area contributed by atoms with E-state index in [1.54, 1.807) is 5.43 Å². The monoisotopic (exact) mass is 281 g/mol. The van der Waals surface area contributed by atoms with Gasteiger partial charge in [-0.05, 0) is 6.20 Å². The summed E-state index contributed by atoms with van der Waals surface area (Å²) in [6.45, 7) is -0.300. The van der Waals surface area contributed by atoms with Crippen molar-refractivity contribution in [2.75, 3.05) is 5.32 Å². The first-order valence-electron chi connectivity index (χ1n) is 5.24. The molecule has 1 rings (SSSR count). The normalized spacial score (nSPS) is 10.1. The Bertz CT molecular complexity index is 546. The van der Waals surface area contributed by atoms with E-state index in [4.69, 9.17) is 21.4 Å². The average Bonchev–Trinajstić information content (AvgIpc) is 2.38. The molecule has 0 radical (unpaired) electrons. The molecule has 0 bridgehead atoms. The van der Waals surface area contributed by atoms with Crippen LogP contribution < -0.4 is 16.5 Å². The van der Waals surface area contributed by atoms with Gasteiger partial charge in [-0.1, -0.05) is 5.22 Å². The number of hydrogen-bond acceptors (Lipinski definition) is 7. The number of nitrogens with two attached hydrogens (primary N) is 1. The minimum Gasteiger partial charge on any atom is -0.473 e. The summed E-state index contributed by atoms with van der Waals surface area (Å²) in [5.41, 5.74) is 13.4. The maximum Gasteiger partial charge on any atom is 0.341 e. The summed E-state index contributed by atoms with van der Waals surface area (Å²) in [6.07, 6.45) is 4.43. The predicted molar refractivity (Wildman–Crippen MR) is 67.3 cm³/mol. The highest BCUT2D eigenvalue weighted by atomic mass is 19.1. The lowest BCUT2D eigenvalue weighted by molar-refractivity contribution is 0.251. The lowest BCUT2D eigenvalue weighted by atomic mass is 10.2. The second-order valence-electron chi connectivity index (χ2n) is 3.34. The van der Waals surface area contributed by atoms with Crippen LogP contribution >= 0.6 is 0 Å². The maximum absolute atomic E-state index is 13.6. The maximum atomic E-state index is 13.6. The molecule has 0 fully saturated rings. The molecule has 1 aromatic heterocycles. The first-order valence-corrected chi connectivity index (χ1v) is 5.24. The van der Waals surface area contributed by atoms with Crippen molar-refractivity contribution in [1.82, 2.24) is 10.4 Å². The highest BCUT2D eigenvalue weighted by molar-refractivity contribution is 5.89. The Balaban J connectivity index is 2.85. The van der Waals surface area contributed by atoms with Crippen LogP contribution in [-0.4, -0.2) is 16.9 Å². The summed E-state index contributed by atoms with van der Waals surface area (Å²) in [7, 11) is 0. The molecule has 0 aliphatic heterocycles. The number of carbonyl (C=O) groups excluding carboxylic acids is 1. The Morgan fingerprint density at radius 1 is 1.60 bits per heavy atom. The fourth-order valence-electron chi connectivity index (χ4n) is 1.20. The van der Waals surface area contributed by atoms with Crippen LogP contribution in [0.4, 0.5) is 14.9 Å². The molecule has 0 aliphatic carbocycles. The topological polar surface area (TPSA) is 149 Å². The SMILES string of the molecule is N=NNC(=O)Nc1cncc(F)c1COC(=N)/C=C\N. The molecular formula is C10H12FN7O2. The van der Waals surface area contributed by atoms with Crippen molar-refractivity contribution in [1.29, 1.82) is 10.9 Å². The van der Waals surface area contributed by atoms with Gasteiger partial charge in [0.15, 0.2) is 0 Å². The summed E-state index contributed by atoms with van der Waals surface area (Å²) in [6, 6.07) is -0.828. The minimum atomic E-state index is -0.828. The second-order valence-corrected chi connectivity index (χ2v) is 3.34. The zero-order valence-electron chi connectivity index (χ0n) is 10.2. The van der Waals surface area contributed by atoms with Crippen molar-refractivity contribution >= 4 is 17.6 Å². The average molecular weight is 281 g/mol. The molecule has 6 N–H and O–H groups in total. The number of amides is 2. The molecule has 10 heteroatoms. The molecule has 106 valence electrons. The first kappa shape index (κ1) is 15.0. The third-order valence-electron chi connectivity index (χ3n) is 2.03. The van der Waals surface area contributed by atoms with Crippen molar-refractivity contribution in [3.8, 4) is 0 Å². The number of aromatic nitrogens is 1. The fraction of sp³-hybridized carbons (Fsp3) is 0.100. The van der Waals surface area contributed by atoms with E-state index in [2.05, 4.69) is 15.5 Å². The lowest BCUT2D eigenvalue weighted by Crippen LogP contribution is -2.24.